The Kier molecular flexibility index (Phi) is 6.40. The molecule has 1 aliphatic carbocycles. The van der Waals surface area contributed by atoms with Crippen LogP contribution < -0.4 is 10.6 Å². The largest absolute Gasteiger partial charge is 0.392 e. The molecule has 0 unspecified atom stereocenters. The maximum Gasteiger partial charge on any atom is 0.191 e. The van der Waals surface area contributed by atoms with Gasteiger partial charge in [-0.15, -0.1) is 24.0 Å². The van der Waals surface area contributed by atoms with Crippen LogP contribution in [0.3, 0.4) is 0 Å². The topological polar surface area (TPSA) is 56.7 Å². The van der Waals surface area contributed by atoms with Crippen molar-refractivity contribution < 1.29 is 5.11 Å². The van der Waals surface area contributed by atoms with Crippen LogP contribution in [-0.4, -0.2) is 36.8 Å². The van der Waals surface area contributed by atoms with Crippen molar-refractivity contribution >= 4 is 29.9 Å². The molecule has 0 aromatic heterocycles. The molecule has 0 radical (unpaired) electrons. The molecule has 1 rings (SSSR count). The molecule has 0 bridgehead atoms. The summed E-state index contributed by atoms with van der Waals surface area (Å²) in [5.74, 6) is 0.790. The van der Waals surface area contributed by atoms with Crippen molar-refractivity contribution in [3.05, 3.63) is 0 Å². The van der Waals surface area contributed by atoms with E-state index in [1.807, 2.05) is 0 Å². The van der Waals surface area contributed by atoms with Crippen LogP contribution in [0.15, 0.2) is 4.99 Å². The molecule has 0 amide bonds. The minimum atomic E-state index is -0.331. The number of nitrogens with zero attached hydrogens (tertiary/aromatic N) is 1. The summed E-state index contributed by atoms with van der Waals surface area (Å²) in [6.45, 7) is 2.30. The smallest absolute Gasteiger partial charge is 0.191 e. The number of aliphatic imine (C=N–C) groups is 1. The Bertz CT molecular complexity index is 169. The Balaban J connectivity index is 0.00000144. The van der Waals surface area contributed by atoms with Gasteiger partial charge in [-0.3, -0.25) is 4.99 Å². The molecule has 1 aliphatic rings. The average molecular weight is 299 g/mol. The van der Waals surface area contributed by atoms with E-state index < -0.39 is 0 Å². The number of halogens is 1. The van der Waals surface area contributed by atoms with Crippen LogP contribution in [0, 0.1) is 0 Å². The van der Waals surface area contributed by atoms with Gasteiger partial charge in [0.15, 0.2) is 5.96 Å². The van der Waals surface area contributed by atoms with Gasteiger partial charge in [0.2, 0.25) is 0 Å². The Morgan fingerprint density at radius 3 is 2.62 bits per heavy atom. The lowest BCUT2D eigenvalue weighted by Gasteiger charge is -2.11. The van der Waals surface area contributed by atoms with Crippen LogP contribution in [0.2, 0.25) is 0 Å². The standard InChI is InChI=1S/C8H17N3O.HI/c1-6(12)5-10-8(9-2)11-7-3-4-7;/h6-7,12H,3-5H2,1-2H3,(H2,9,10,11);1H/t6-;/m0./s1. The van der Waals surface area contributed by atoms with Crippen LogP contribution in [0.5, 0.6) is 0 Å². The molecule has 0 heterocycles. The van der Waals surface area contributed by atoms with Gasteiger partial charge in [0.05, 0.1) is 6.10 Å². The highest BCUT2D eigenvalue weighted by atomic mass is 127. The van der Waals surface area contributed by atoms with Crippen molar-refractivity contribution in [3.8, 4) is 0 Å². The maximum atomic E-state index is 9.00. The zero-order valence-corrected chi connectivity index (χ0v) is 10.4. The monoisotopic (exact) mass is 299 g/mol. The number of rotatable bonds is 3. The molecule has 5 heteroatoms. The lowest BCUT2D eigenvalue weighted by molar-refractivity contribution is 0.197. The molecule has 0 spiro atoms. The van der Waals surface area contributed by atoms with E-state index in [1.54, 1.807) is 14.0 Å². The number of aliphatic hydroxyl groups is 1. The summed E-state index contributed by atoms with van der Waals surface area (Å²) < 4.78 is 0. The first-order valence-corrected chi connectivity index (χ1v) is 4.37. The van der Waals surface area contributed by atoms with E-state index >= 15 is 0 Å². The second kappa shape index (κ2) is 6.42. The van der Waals surface area contributed by atoms with E-state index in [-0.39, 0.29) is 30.1 Å². The van der Waals surface area contributed by atoms with Gasteiger partial charge in [-0.2, -0.15) is 0 Å². The molecule has 4 nitrogen and oxygen atoms in total. The average Bonchev–Trinajstić information content (AvgIpc) is 2.81. The Morgan fingerprint density at radius 1 is 1.62 bits per heavy atom. The number of aliphatic hydroxyl groups excluding tert-OH is 1. The van der Waals surface area contributed by atoms with E-state index in [0.29, 0.717) is 12.6 Å². The molecule has 1 atom stereocenters. The quantitative estimate of drug-likeness (QED) is 0.399. The van der Waals surface area contributed by atoms with Crippen molar-refractivity contribution in [2.75, 3.05) is 13.6 Å². The molecular weight excluding hydrogens is 281 g/mol. The number of hydrogen-bond donors (Lipinski definition) is 3. The fourth-order valence-electron chi connectivity index (χ4n) is 0.860. The lowest BCUT2D eigenvalue weighted by atomic mass is 10.4. The number of guanidine groups is 1. The molecule has 0 aliphatic heterocycles. The SMILES string of the molecule is CN=C(NC[C@H](C)O)NC1CC1.I. The summed E-state index contributed by atoms with van der Waals surface area (Å²) >= 11 is 0. The zero-order valence-electron chi connectivity index (χ0n) is 8.08. The van der Waals surface area contributed by atoms with E-state index in [0.717, 1.165) is 5.96 Å². The molecule has 13 heavy (non-hydrogen) atoms. The van der Waals surface area contributed by atoms with Gasteiger partial charge in [-0.25, -0.2) is 0 Å². The normalized spacial score (nSPS) is 18.8. The van der Waals surface area contributed by atoms with Gasteiger partial charge in [0, 0.05) is 19.6 Å². The lowest BCUT2D eigenvalue weighted by Crippen LogP contribution is -2.41. The summed E-state index contributed by atoms with van der Waals surface area (Å²) in [6, 6.07) is 0.602. The minimum Gasteiger partial charge on any atom is -0.392 e. The number of nitrogens with one attached hydrogen (secondary N) is 2. The second-order valence-electron chi connectivity index (χ2n) is 3.22. The van der Waals surface area contributed by atoms with E-state index in [2.05, 4.69) is 15.6 Å². The fourth-order valence-corrected chi connectivity index (χ4v) is 0.860. The Hall–Kier alpha value is -0.0400. The van der Waals surface area contributed by atoms with Crippen LogP contribution >= 0.6 is 24.0 Å². The maximum absolute atomic E-state index is 9.00. The molecule has 1 fully saturated rings. The van der Waals surface area contributed by atoms with Crippen molar-refractivity contribution in [2.45, 2.75) is 31.9 Å². The first kappa shape index (κ1) is 13.0. The first-order valence-electron chi connectivity index (χ1n) is 4.37. The van der Waals surface area contributed by atoms with Gasteiger partial charge in [-0.1, -0.05) is 0 Å². The minimum absolute atomic E-state index is 0. The third-order valence-electron chi connectivity index (χ3n) is 1.71. The molecule has 0 aromatic rings. The van der Waals surface area contributed by atoms with Crippen LogP contribution in [0.4, 0.5) is 0 Å². The van der Waals surface area contributed by atoms with Crippen molar-refractivity contribution in [1.29, 1.82) is 0 Å². The van der Waals surface area contributed by atoms with Crippen molar-refractivity contribution in [3.63, 3.8) is 0 Å². The summed E-state index contributed by atoms with van der Waals surface area (Å²) in [7, 11) is 1.74. The summed E-state index contributed by atoms with van der Waals surface area (Å²) in [5.41, 5.74) is 0. The van der Waals surface area contributed by atoms with Gasteiger partial charge >= 0.3 is 0 Å². The molecule has 0 saturated heterocycles. The molecule has 1 saturated carbocycles. The highest BCUT2D eigenvalue weighted by molar-refractivity contribution is 14.0. The van der Waals surface area contributed by atoms with Crippen LogP contribution in [0.1, 0.15) is 19.8 Å². The molecular formula is C8H18IN3O. The van der Waals surface area contributed by atoms with E-state index in [4.69, 9.17) is 5.11 Å². The van der Waals surface area contributed by atoms with Crippen molar-refractivity contribution in [1.82, 2.24) is 10.6 Å². The summed E-state index contributed by atoms with van der Waals surface area (Å²) in [5, 5.41) is 15.3. The highest BCUT2D eigenvalue weighted by Gasteiger charge is 2.21. The second-order valence-corrected chi connectivity index (χ2v) is 3.22. The summed E-state index contributed by atoms with van der Waals surface area (Å²) in [4.78, 5) is 4.02. The zero-order chi connectivity index (χ0) is 8.97. The number of hydrogen-bond acceptors (Lipinski definition) is 2. The molecule has 0 aromatic carbocycles. The molecule has 3 N–H and O–H groups in total. The van der Waals surface area contributed by atoms with Crippen molar-refractivity contribution in [2.24, 2.45) is 4.99 Å². The predicted octanol–water partition coefficient (Wildman–Crippen LogP) is 0.313. The predicted molar refractivity (Wildman–Crippen MR) is 64.6 cm³/mol. The summed E-state index contributed by atoms with van der Waals surface area (Å²) in [6.07, 6.45) is 2.13. The van der Waals surface area contributed by atoms with E-state index in [1.165, 1.54) is 12.8 Å². The third kappa shape index (κ3) is 6.09. The fraction of sp³-hybridized carbons (Fsp3) is 0.875. The molecule has 78 valence electrons. The first-order chi connectivity index (χ1) is 5.72. The van der Waals surface area contributed by atoms with Crippen LogP contribution in [0.25, 0.3) is 0 Å². The van der Waals surface area contributed by atoms with Crippen LogP contribution in [-0.2, 0) is 0 Å². The van der Waals surface area contributed by atoms with Gasteiger partial charge in [0.1, 0.15) is 0 Å². The van der Waals surface area contributed by atoms with Gasteiger partial charge in [0.25, 0.3) is 0 Å². The van der Waals surface area contributed by atoms with Gasteiger partial charge < -0.3 is 15.7 Å². The Morgan fingerprint density at radius 2 is 2.23 bits per heavy atom. The third-order valence-corrected chi connectivity index (χ3v) is 1.71. The van der Waals surface area contributed by atoms with E-state index in [9.17, 15) is 0 Å². The van der Waals surface area contributed by atoms with Gasteiger partial charge in [-0.05, 0) is 19.8 Å². The highest BCUT2D eigenvalue weighted by Crippen LogP contribution is 2.18. The Labute approximate surface area is 96.2 Å².